The molecule has 0 aliphatic carbocycles. The second-order valence-electron chi connectivity index (χ2n) is 6.35. The van der Waals surface area contributed by atoms with Gasteiger partial charge in [0, 0.05) is 11.3 Å². The van der Waals surface area contributed by atoms with Crippen LogP contribution in [0.1, 0.15) is 10.4 Å². The third-order valence-corrected chi connectivity index (χ3v) is 4.12. The van der Waals surface area contributed by atoms with Gasteiger partial charge in [0.2, 0.25) is 0 Å². The van der Waals surface area contributed by atoms with Crippen molar-refractivity contribution in [1.29, 1.82) is 0 Å². The van der Waals surface area contributed by atoms with Crippen LogP contribution in [0.5, 0.6) is 0 Å². The van der Waals surface area contributed by atoms with Gasteiger partial charge < -0.3 is 15.4 Å². The third kappa shape index (κ3) is 6.00. The van der Waals surface area contributed by atoms with Crippen molar-refractivity contribution in [2.45, 2.75) is 0 Å². The van der Waals surface area contributed by atoms with E-state index in [0.29, 0.717) is 5.56 Å². The lowest BCUT2D eigenvalue weighted by Crippen LogP contribution is -2.32. The molecular formula is C23H19FN2O4. The van der Waals surface area contributed by atoms with Gasteiger partial charge in [0.05, 0.1) is 0 Å². The molecule has 0 aliphatic rings. The summed E-state index contributed by atoms with van der Waals surface area (Å²) in [7, 11) is 0. The van der Waals surface area contributed by atoms with Crippen LogP contribution in [0.4, 0.5) is 10.1 Å². The van der Waals surface area contributed by atoms with E-state index in [1.807, 2.05) is 42.5 Å². The van der Waals surface area contributed by atoms with E-state index in [0.717, 1.165) is 17.2 Å². The molecule has 0 spiro atoms. The molecule has 0 aromatic heterocycles. The van der Waals surface area contributed by atoms with Crippen molar-refractivity contribution in [3.63, 3.8) is 0 Å². The number of carbonyl (C=O) groups is 3. The van der Waals surface area contributed by atoms with Crippen molar-refractivity contribution < 1.29 is 23.5 Å². The van der Waals surface area contributed by atoms with Gasteiger partial charge in [-0.25, -0.2) is 4.39 Å². The predicted octanol–water partition coefficient (Wildman–Crippen LogP) is 3.40. The quantitative estimate of drug-likeness (QED) is 0.589. The van der Waals surface area contributed by atoms with Crippen LogP contribution in [-0.4, -0.2) is 30.9 Å². The fourth-order valence-corrected chi connectivity index (χ4v) is 2.66. The van der Waals surface area contributed by atoms with Crippen LogP contribution < -0.4 is 10.6 Å². The fourth-order valence-electron chi connectivity index (χ4n) is 2.66. The average Bonchev–Trinajstić information content (AvgIpc) is 2.77. The Morgan fingerprint density at radius 3 is 2.23 bits per heavy atom. The lowest BCUT2D eigenvalue weighted by molar-refractivity contribution is -0.146. The highest BCUT2D eigenvalue weighted by Gasteiger charge is 2.11. The molecule has 3 rings (SSSR count). The highest BCUT2D eigenvalue weighted by atomic mass is 19.1. The lowest BCUT2D eigenvalue weighted by Gasteiger charge is -2.08. The Balaban J connectivity index is 1.43. The first kappa shape index (κ1) is 20.7. The number of nitrogens with one attached hydrogen (secondary N) is 2. The zero-order chi connectivity index (χ0) is 21.3. The van der Waals surface area contributed by atoms with Crippen molar-refractivity contribution in [2.24, 2.45) is 0 Å². The van der Waals surface area contributed by atoms with E-state index in [-0.39, 0.29) is 12.2 Å². The standard InChI is InChI=1S/C23H19FN2O4/c24-19-7-4-8-20(13-19)26-21(27)15-30-22(28)14-25-23(29)18-11-9-17(10-12-18)16-5-2-1-3-6-16/h1-13H,14-15H2,(H,25,29)(H,26,27). The first-order chi connectivity index (χ1) is 14.5. The van der Waals surface area contributed by atoms with Crippen molar-refractivity contribution >= 4 is 23.5 Å². The minimum Gasteiger partial charge on any atom is -0.454 e. The molecule has 0 saturated carbocycles. The summed E-state index contributed by atoms with van der Waals surface area (Å²) in [5.74, 6) is -2.31. The molecule has 0 heterocycles. The molecule has 152 valence electrons. The molecular weight excluding hydrogens is 387 g/mol. The SMILES string of the molecule is O=C(COC(=O)CNC(=O)c1ccc(-c2ccccc2)cc1)Nc1cccc(F)c1. The lowest BCUT2D eigenvalue weighted by atomic mass is 10.0. The highest BCUT2D eigenvalue weighted by Crippen LogP contribution is 2.19. The molecule has 30 heavy (non-hydrogen) atoms. The molecule has 2 amide bonds. The molecule has 7 heteroatoms. The van der Waals surface area contributed by atoms with Gasteiger partial charge >= 0.3 is 5.97 Å². The average molecular weight is 406 g/mol. The number of halogens is 1. The maximum absolute atomic E-state index is 13.1. The van der Waals surface area contributed by atoms with Crippen LogP contribution in [0, 0.1) is 5.82 Å². The molecule has 6 nitrogen and oxygen atoms in total. The van der Waals surface area contributed by atoms with Crippen LogP contribution in [0.15, 0.2) is 78.9 Å². The summed E-state index contributed by atoms with van der Waals surface area (Å²) in [6.07, 6.45) is 0. The number of esters is 1. The van der Waals surface area contributed by atoms with Gasteiger partial charge in [0.25, 0.3) is 11.8 Å². The monoisotopic (exact) mass is 406 g/mol. The molecule has 0 saturated heterocycles. The zero-order valence-corrected chi connectivity index (χ0v) is 15.9. The second-order valence-corrected chi connectivity index (χ2v) is 6.35. The molecule has 0 unspecified atom stereocenters. The molecule has 3 aromatic rings. The van der Waals surface area contributed by atoms with Crippen LogP contribution in [0.2, 0.25) is 0 Å². The summed E-state index contributed by atoms with van der Waals surface area (Å²) in [4.78, 5) is 35.7. The summed E-state index contributed by atoms with van der Waals surface area (Å²) >= 11 is 0. The fraction of sp³-hybridized carbons (Fsp3) is 0.0870. The van der Waals surface area contributed by atoms with Crippen LogP contribution in [0.25, 0.3) is 11.1 Å². The first-order valence-electron chi connectivity index (χ1n) is 9.16. The Hall–Kier alpha value is -4.00. The molecule has 0 fully saturated rings. The minimum atomic E-state index is -0.765. The molecule has 3 aromatic carbocycles. The summed E-state index contributed by atoms with van der Waals surface area (Å²) in [5, 5.41) is 4.85. The molecule has 0 radical (unpaired) electrons. The van der Waals surface area contributed by atoms with Gasteiger partial charge in [0.1, 0.15) is 12.4 Å². The van der Waals surface area contributed by atoms with E-state index >= 15 is 0 Å². The minimum absolute atomic E-state index is 0.253. The van der Waals surface area contributed by atoms with Crippen LogP contribution in [-0.2, 0) is 14.3 Å². The number of amides is 2. The van der Waals surface area contributed by atoms with Crippen molar-refractivity contribution in [1.82, 2.24) is 5.32 Å². The van der Waals surface area contributed by atoms with Gasteiger partial charge in [-0.1, -0.05) is 48.5 Å². The molecule has 0 aliphatic heterocycles. The van der Waals surface area contributed by atoms with Crippen molar-refractivity contribution in [2.75, 3.05) is 18.5 Å². The maximum atomic E-state index is 13.1. The number of ether oxygens (including phenoxy) is 1. The Bertz CT molecular complexity index is 1040. The Morgan fingerprint density at radius 2 is 1.53 bits per heavy atom. The number of rotatable bonds is 7. The maximum Gasteiger partial charge on any atom is 0.325 e. The van der Waals surface area contributed by atoms with Gasteiger partial charge in [-0.15, -0.1) is 0 Å². The second kappa shape index (κ2) is 9.97. The number of hydrogen-bond acceptors (Lipinski definition) is 4. The molecule has 0 atom stereocenters. The van der Waals surface area contributed by atoms with E-state index in [2.05, 4.69) is 10.6 Å². The van der Waals surface area contributed by atoms with Gasteiger partial charge in [-0.05, 0) is 41.5 Å². The van der Waals surface area contributed by atoms with Gasteiger partial charge in [-0.2, -0.15) is 0 Å². The summed E-state index contributed by atoms with van der Waals surface area (Å²) in [6.45, 7) is -0.927. The van der Waals surface area contributed by atoms with E-state index in [4.69, 9.17) is 4.74 Å². The zero-order valence-electron chi connectivity index (χ0n) is 15.9. The van der Waals surface area contributed by atoms with Gasteiger partial charge in [-0.3, -0.25) is 14.4 Å². The van der Waals surface area contributed by atoms with E-state index < -0.39 is 30.2 Å². The number of carbonyl (C=O) groups excluding carboxylic acids is 3. The summed E-state index contributed by atoms with van der Waals surface area (Å²) < 4.78 is 17.9. The highest BCUT2D eigenvalue weighted by molar-refractivity contribution is 5.97. The Kier molecular flexibility index (Phi) is 6.89. The first-order valence-corrected chi connectivity index (χ1v) is 9.16. The normalized spacial score (nSPS) is 10.2. The molecule has 2 N–H and O–H groups in total. The predicted molar refractivity (Wildman–Crippen MR) is 110 cm³/mol. The van der Waals surface area contributed by atoms with E-state index in [9.17, 15) is 18.8 Å². The number of hydrogen-bond donors (Lipinski definition) is 2. The smallest absolute Gasteiger partial charge is 0.325 e. The third-order valence-electron chi connectivity index (χ3n) is 4.12. The number of anilines is 1. The van der Waals surface area contributed by atoms with Crippen LogP contribution in [0.3, 0.4) is 0 Å². The summed E-state index contributed by atoms with van der Waals surface area (Å²) in [6, 6.07) is 22.0. The summed E-state index contributed by atoms with van der Waals surface area (Å²) in [5.41, 5.74) is 2.65. The van der Waals surface area contributed by atoms with Crippen molar-refractivity contribution in [3.8, 4) is 11.1 Å². The van der Waals surface area contributed by atoms with Gasteiger partial charge in [0.15, 0.2) is 6.61 Å². The molecule has 0 bridgehead atoms. The van der Waals surface area contributed by atoms with E-state index in [1.165, 1.54) is 18.2 Å². The Morgan fingerprint density at radius 1 is 0.833 bits per heavy atom. The van der Waals surface area contributed by atoms with Crippen molar-refractivity contribution in [3.05, 3.63) is 90.2 Å². The van der Waals surface area contributed by atoms with Crippen LogP contribution >= 0.6 is 0 Å². The largest absolute Gasteiger partial charge is 0.454 e. The topological polar surface area (TPSA) is 84.5 Å². The number of benzene rings is 3. The van der Waals surface area contributed by atoms with E-state index in [1.54, 1.807) is 12.1 Å². The Labute approximate surface area is 172 Å².